The maximum atomic E-state index is 13.5. The second-order valence-corrected chi connectivity index (χ2v) is 7.01. The van der Waals surface area contributed by atoms with Crippen LogP contribution in [0.2, 0.25) is 0 Å². The van der Waals surface area contributed by atoms with Gasteiger partial charge >= 0.3 is 0 Å². The number of benzene rings is 1. The smallest absolute Gasteiger partial charge is 0.173 e. The van der Waals surface area contributed by atoms with Crippen molar-refractivity contribution in [3.8, 4) is 0 Å². The lowest BCUT2D eigenvalue weighted by Crippen LogP contribution is -2.33. The Kier molecular flexibility index (Phi) is 3.34. The van der Waals surface area contributed by atoms with Crippen molar-refractivity contribution in [2.24, 2.45) is 0 Å². The van der Waals surface area contributed by atoms with Crippen molar-refractivity contribution in [2.75, 3.05) is 16.8 Å². The van der Waals surface area contributed by atoms with Crippen LogP contribution in [0.5, 0.6) is 0 Å². The van der Waals surface area contributed by atoms with E-state index in [4.69, 9.17) is 0 Å². The van der Waals surface area contributed by atoms with Gasteiger partial charge in [0.1, 0.15) is 17.7 Å². The molecule has 1 aromatic heterocycles. The first-order chi connectivity index (χ1) is 10.6. The minimum Gasteiger partial charge on any atom is -0.343 e. The lowest BCUT2D eigenvalue weighted by molar-refractivity contribution is -0.113. The minimum atomic E-state index is -0.321. The standard InChI is InChI=1S/C15H11BrFN3OS/c16-9-5-8(1-2-10(9)17)15-14-11(6-22-7-12(14)21)19-13-3-4-18-20(13)15/h1-5,15,19H,6-7H2. The van der Waals surface area contributed by atoms with Gasteiger partial charge in [0.25, 0.3) is 0 Å². The molecule has 0 saturated carbocycles. The first kappa shape index (κ1) is 14.0. The normalized spacial score (nSPS) is 20.5. The van der Waals surface area contributed by atoms with Crippen molar-refractivity contribution >= 4 is 39.3 Å². The van der Waals surface area contributed by atoms with Crippen molar-refractivity contribution in [1.82, 2.24) is 9.78 Å². The molecular formula is C15H11BrFN3OS. The van der Waals surface area contributed by atoms with Gasteiger partial charge in [-0.2, -0.15) is 5.10 Å². The highest BCUT2D eigenvalue weighted by atomic mass is 79.9. The van der Waals surface area contributed by atoms with E-state index in [9.17, 15) is 9.18 Å². The molecule has 3 heterocycles. The molecule has 22 heavy (non-hydrogen) atoms. The summed E-state index contributed by atoms with van der Waals surface area (Å²) in [6.45, 7) is 0. The van der Waals surface area contributed by atoms with Gasteiger partial charge in [0.05, 0.1) is 16.4 Å². The molecule has 1 atom stereocenters. The second kappa shape index (κ2) is 5.24. The van der Waals surface area contributed by atoms with Crippen LogP contribution in [0.1, 0.15) is 11.6 Å². The number of carbonyl (C=O) groups excluding carboxylic acids is 1. The molecule has 2 aliphatic heterocycles. The molecule has 1 aromatic carbocycles. The number of hydrogen-bond donors (Lipinski definition) is 1. The highest BCUT2D eigenvalue weighted by molar-refractivity contribution is 9.10. The SMILES string of the molecule is O=C1CSCC2=C1C(c1ccc(F)c(Br)c1)n1nccc1N2. The molecule has 0 spiro atoms. The predicted octanol–water partition coefficient (Wildman–Crippen LogP) is 3.37. The zero-order valence-corrected chi connectivity index (χ0v) is 13.7. The predicted molar refractivity (Wildman–Crippen MR) is 87.4 cm³/mol. The Morgan fingerprint density at radius 3 is 3.05 bits per heavy atom. The van der Waals surface area contributed by atoms with Crippen LogP contribution < -0.4 is 5.32 Å². The van der Waals surface area contributed by atoms with Gasteiger partial charge in [-0.05, 0) is 33.6 Å². The number of rotatable bonds is 1. The Morgan fingerprint density at radius 2 is 2.23 bits per heavy atom. The molecule has 0 saturated heterocycles. The molecule has 0 radical (unpaired) electrons. The summed E-state index contributed by atoms with van der Waals surface area (Å²) in [6, 6.07) is 6.40. The summed E-state index contributed by atoms with van der Waals surface area (Å²) in [5.41, 5.74) is 2.50. The lowest BCUT2D eigenvalue weighted by Gasteiger charge is -2.33. The van der Waals surface area contributed by atoms with E-state index in [0.29, 0.717) is 10.2 Å². The van der Waals surface area contributed by atoms with Crippen molar-refractivity contribution < 1.29 is 9.18 Å². The fourth-order valence-electron chi connectivity index (χ4n) is 2.88. The number of halogens is 2. The van der Waals surface area contributed by atoms with E-state index in [1.54, 1.807) is 34.8 Å². The number of aromatic nitrogens is 2. The third kappa shape index (κ3) is 2.11. The topological polar surface area (TPSA) is 46.9 Å². The van der Waals surface area contributed by atoms with Gasteiger partial charge in [-0.3, -0.25) is 4.79 Å². The molecule has 112 valence electrons. The monoisotopic (exact) mass is 379 g/mol. The lowest BCUT2D eigenvalue weighted by atomic mass is 9.93. The average Bonchev–Trinajstić information content (AvgIpc) is 2.96. The highest BCUT2D eigenvalue weighted by Crippen LogP contribution is 2.40. The molecule has 4 rings (SSSR count). The van der Waals surface area contributed by atoms with Crippen molar-refractivity contribution in [3.63, 3.8) is 0 Å². The van der Waals surface area contributed by atoms with Crippen molar-refractivity contribution in [1.29, 1.82) is 0 Å². The van der Waals surface area contributed by atoms with Gasteiger partial charge in [-0.15, -0.1) is 11.8 Å². The number of hydrogen-bond acceptors (Lipinski definition) is 4. The number of thioether (sulfide) groups is 1. The fourth-order valence-corrected chi connectivity index (χ4v) is 4.15. The Bertz CT molecular complexity index is 817. The van der Waals surface area contributed by atoms with Gasteiger partial charge in [-0.25, -0.2) is 9.07 Å². The Labute approximate surface area is 138 Å². The average molecular weight is 380 g/mol. The number of Topliss-reactive ketones (excluding diaryl/α,β-unsaturated/α-hetero) is 1. The number of allylic oxidation sites excluding steroid dienone is 1. The van der Waals surface area contributed by atoms with E-state index in [0.717, 1.165) is 28.4 Å². The molecule has 4 nitrogen and oxygen atoms in total. The third-order valence-electron chi connectivity index (χ3n) is 3.83. The molecule has 1 unspecified atom stereocenters. The minimum absolute atomic E-state index is 0.102. The number of carbonyl (C=O) groups is 1. The number of nitrogens with zero attached hydrogens (tertiary/aromatic N) is 2. The summed E-state index contributed by atoms with van der Waals surface area (Å²) in [7, 11) is 0. The van der Waals surface area contributed by atoms with Crippen LogP contribution in [-0.2, 0) is 4.79 Å². The number of fused-ring (bicyclic) bond motifs is 1. The Hall–Kier alpha value is -1.60. The maximum absolute atomic E-state index is 13.5. The molecular weight excluding hydrogens is 369 g/mol. The molecule has 7 heteroatoms. The Morgan fingerprint density at radius 1 is 1.36 bits per heavy atom. The number of ketones is 1. The van der Waals surface area contributed by atoms with E-state index in [1.165, 1.54) is 6.07 Å². The summed E-state index contributed by atoms with van der Waals surface area (Å²) >= 11 is 4.82. The maximum Gasteiger partial charge on any atom is 0.173 e. The van der Waals surface area contributed by atoms with Crippen LogP contribution >= 0.6 is 27.7 Å². The fraction of sp³-hybridized carbons (Fsp3) is 0.200. The number of nitrogens with one attached hydrogen (secondary N) is 1. The molecule has 2 aliphatic rings. The van der Waals surface area contributed by atoms with Crippen LogP contribution in [-0.4, -0.2) is 27.1 Å². The molecule has 0 bridgehead atoms. The first-order valence-corrected chi connectivity index (χ1v) is 8.69. The molecule has 0 amide bonds. The van der Waals surface area contributed by atoms with E-state index in [2.05, 4.69) is 26.3 Å². The Balaban J connectivity index is 1.92. The van der Waals surface area contributed by atoms with Gasteiger partial charge in [0.2, 0.25) is 0 Å². The molecule has 0 fully saturated rings. The van der Waals surface area contributed by atoms with E-state index in [-0.39, 0.29) is 17.6 Å². The molecule has 1 N–H and O–H groups in total. The van der Waals surface area contributed by atoms with Crippen molar-refractivity contribution in [3.05, 3.63) is 57.6 Å². The largest absolute Gasteiger partial charge is 0.343 e. The van der Waals surface area contributed by atoms with Crippen LogP contribution in [0.3, 0.4) is 0 Å². The van der Waals surface area contributed by atoms with Crippen LogP contribution in [0, 0.1) is 5.82 Å². The quantitative estimate of drug-likeness (QED) is 0.824. The first-order valence-electron chi connectivity index (χ1n) is 6.74. The van der Waals surface area contributed by atoms with E-state index < -0.39 is 0 Å². The van der Waals surface area contributed by atoms with Crippen LogP contribution in [0.4, 0.5) is 10.2 Å². The van der Waals surface area contributed by atoms with Crippen molar-refractivity contribution in [2.45, 2.75) is 6.04 Å². The van der Waals surface area contributed by atoms with E-state index in [1.807, 2.05) is 6.07 Å². The van der Waals surface area contributed by atoms with Gasteiger partial charge < -0.3 is 5.32 Å². The zero-order chi connectivity index (χ0) is 15.3. The number of anilines is 1. The summed E-state index contributed by atoms with van der Waals surface area (Å²) in [6.07, 6.45) is 1.70. The van der Waals surface area contributed by atoms with Gasteiger partial charge in [0.15, 0.2) is 5.78 Å². The summed E-state index contributed by atoms with van der Waals surface area (Å²) in [4.78, 5) is 12.5. The van der Waals surface area contributed by atoms with Gasteiger partial charge in [0, 0.05) is 23.1 Å². The van der Waals surface area contributed by atoms with Crippen LogP contribution in [0.15, 0.2) is 46.2 Å². The van der Waals surface area contributed by atoms with Crippen LogP contribution in [0.25, 0.3) is 0 Å². The zero-order valence-electron chi connectivity index (χ0n) is 11.3. The van der Waals surface area contributed by atoms with E-state index >= 15 is 0 Å². The molecule has 2 aromatic rings. The second-order valence-electron chi connectivity index (χ2n) is 5.17. The molecule has 0 aliphatic carbocycles. The highest BCUT2D eigenvalue weighted by Gasteiger charge is 2.35. The summed E-state index contributed by atoms with van der Waals surface area (Å²) in [5, 5.41) is 7.63. The third-order valence-corrected chi connectivity index (χ3v) is 5.40. The van der Waals surface area contributed by atoms with Gasteiger partial charge in [-0.1, -0.05) is 6.07 Å². The summed E-state index contributed by atoms with van der Waals surface area (Å²) in [5.74, 6) is 1.86. The summed E-state index contributed by atoms with van der Waals surface area (Å²) < 4.78 is 15.7.